The molecule has 2 aliphatic heterocycles. The Hall–Kier alpha value is -4.17. The summed E-state index contributed by atoms with van der Waals surface area (Å²) < 4.78 is 5.88. The molecule has 1 amide bonds. The largest absolute Gasteiger partial charge is 0.492 e. The van der Waals surface area contributed by atoms with Crippen molar-refractivity contribution in [3.63, 3.8) is 0 Å². The number of aliphatic hydroxyl groups excluding tert-OH is 1. The summed E-state index contributed by atoms with van der Waals surface area (Å²) in [5, 5.41) is 29.2. The van der Waals surface area contributed by atoms with Gasteiger partial charge in [-0.05, 0) is 55.6 Å². The zero-order chi connectivity index (χ0) is 26.9. The number of hydrogen-bond acceptors (Lipinski definition) is 10. The van der Waals surface area contributed by atoms with E-state index in [0.717, 1.165) is 38.6 Å². The van der Waals surface area contributed by atoms with Crippen LogP contribution in [0.3, 0.4) is 0 Å². The van der Waals surface area contributed by atoms with Crippen molar-refractivity contribution in [3.05, 3.63) is 47.8 Å². The molecule has 11 heteroatoms. The molecule has 0 bridgehead atoms. The van der Waals surface area contributed by atoms with E-state index in [1.54, 1.807) is 0 Å². The lowest BCUT2D eigenvalue weighted by Crippen LogP contribution is -2.35. The van der Waals surface area contributed by atoms with E-state index < -0.39 is 5.91 Å². The van der Waals surface area contributed by atoms with Crippen molar-refractivity contribution >= 4 is 29.6 Å². The second-order valence-corrected chi connectivity index (χ2v) is 9.54. The van der Waals surface area contributed by atoms with Crippen LogP contribution in [-0.4, -0.2) is 71.5 Å². The van der Waals surface area contributed by atoms with Gasteiger partial charge in [0.25, 0.3) is 5.91 Å². The Morgan fingerprint density at radius 2 is 2.00 bits per heavy atom. The van der Waals surface area contributed by atoms with Crippen LogP contribution in [0.2, 0.25) is 0 Å². The lowest BCUT2D eigenvalue weighted by Gasteiger charge is -2.31. The highest BCUT2D eigenvalue weighted by molar-refractivity contribution is 6.04. The van der Waals surface area contributed by atoms with Crippen LogP contribution in [0.1, 0.15) is 41.7 Å². The van der Waals surface area contributed by atoms with Gasteiger partial charge in [-0.15, -0.1) is 0 Å². The molecule has 11 nitrogen and oxygen atoms in total. The number of hydrogen-bond donors (Lipinski definition) is 4. The van der Waals surface area contributed by atoms with Crippen molar-refractivity contribution in [2.45, 2.75) is 25.7 Å². The molecule has 1 aromatic heterocycles. The van der Waals surface area contributed by atoms with Crippen LogP contribution in [0, 0.1) is 28.6 Å². The van der Waals surface area contributed by atoms with E-state index >= 15 is 0 Å². The average molecular weight is 519 g/mol. The first-order valence-electron chi connectivity index (χ1n) is 12.9. The van der Waals surface area contributed by atoms with Crippen molar-refractivity contribution in [1.29, 1.82) is 10.7 Å². The van der Waals surface area contributed by atoms with Crippen LogP contribution >= 0.6 is 0 Å². The number of aromatic nitrogens is 2. The van der Waals surface area contributed by atoms with Crippen LogP contribution in [0.15, 0.2) is 36.5 Å². The second kappa shape index (κ2) is 12.9. The number of carbonyl (C=O) groups is 1. The van der Waals surface area contributed by atoms with Crippen molar-refractivity contribution < 1.29 is 14.6 Å². The molecular formula is C27H34N8O3. The first-order chi connectivity index (χ1) is 18.5. The van der Waals surface area contributed by atoms with Gasteiger partial charge in [-0.3, -0.25) is 4.79 Å². The lowest BCUT2D eigenvalue weighted by atomic mass is 9.94. The van der Waals surface area contributed by atoms with Crippen LogP contribution in [0.25, 0.3) is 0 Å². The Labute approximate surface area is 222 Å². The average Bonchev–Trinajstić information content (AvgIpc) is 2.94. The molecule has 1 fully saturated rings. The molecule has 2 aliphatic rings. The van der Waals surface area contributed by atoms with Gasteiger partial charge in [0, 0.05) is 50.5 Å². The summed E-state index contributed by atoms with van der Waals surface area (Å²) in [6.45, 7) is 3.74. The van der Waals surface area contributed by atoms with E-state index in [9.17, 15) is 9.90 Å². The first-order valence-corrected chi connectivity index (χ1v) is 12.9. The number of benzene rings is 1. The molecule has 0 spiro atoms. The number of ether oxygens (including phenoxy) is 1. The summed E-state index contributed by atoms with van der Waals surface area (Å²) in [6, 6.07) is 9.55. The zero-order valence-corrected chi connectivity index (χ0v) is 21.3. The molecule has 3 heterocycles. The van der Waals surface area contributed by atoms with Gasteiger partial charge in [0.15, 0.2) is 0 Å². The van der Waals surface area contributed by atoms with Crippen molar-refractivity contribution in [2.24, 2.45) is 17.6 Å². The molecule has 38 heavy (non-hydrogen) atoms. The third kappa shape index (κ3) is 6.77. The fourth-order valence-electron chi connectivity index (χ4n) is 4.65. The van der Waals surface area contributed by atoms with Crippen molar-refractivity contribution in [1.82, 2.24) is 14.9 Å². The Morgan fingerprint density at radius 1 is 1.24 bits per heavy atom. The zero-order valence-electron chi connectivity index (χ0n) is 21.3. The Balaban J connectivity index is 1.42. The quantitative estimate of drug-likeness (QED) is 0.327. The molecule has 5 N–H and O–H groups in total. The van der Waals surface area contributed by atoms with E-state index in [0.29, 0.717) is 49.4 Å². The molecular weight excluding hydrogens is 484 g/mol. The van der Waals surface area contributed by atoms with Gasteiger partial charge in [0.1, 0.15) is 29.4 Å². The van der Waals surface area contributed by atoms with Gasteiger partial charge in [-0.25, -0.2) is 4.98 Å². The third-order valence-electron chi connectivity index (χ3n) is 6.94. The van der Waals surface area contributed by atoms with Gasteiger partial charge in [0.2, 0.25) is 5.95 Å². The minimum absolute atomic E-state index is 0.0569. The predicted octanol–water partition coefficient (Wildman–Crippen LogP) is 2.65. The van der Waals surface area contributed by atoms with E-state index in [1.807, 2.05) is 41.4 Å². The fourth-order valence-corrected chi connectivity index (χ4v) is 4.65. The Bertz CT molecular complexity index is 1190. The number of aliphatic hydroxyl groups is 1. The fraction of sp³-hybridized carbons (Fsp3) is 0.444. The topological polar surface area (TPSA) is 164 Å². The number of piperidine rings is 1. The molecule has 0 saturated carbocycles. The molecule has 1 atom stereocenters. The summed E-state index contributed by atoms with van der Waals surface area (Å²) >= 11 is 0. The third-order valence-corrected chi connectivity index (χ3v) is 6.94. The van der Waals surface area contributed by atoms with Gasteiger partial charge in [-0.2, -0.15) is 10.2 Å². The van der Waals surface area contributed by atoms with E-state index in [4.69, 9.17) is 21.1 Å². The minimum Gasteiger partial charge on any atom is -0.492 e. The maximum Gasteiger partial charge on any atom is 0.254 e. The molecule has 4 rings (SSSR count). The smallest absolute Gasteiger partial charge is 0.254 e. The normalized spacial score (nSPS) is 17.6. The summed E-state index contributed by atoms with van der Waals surface area (Å²) in [4.78, 5) is 25.5. The summed E-state index contributed by atoms with van der Waals surface area (Å²) in [7, 11) is 0. The molecule has 0 aliphatic carbocycles. The number of amides is 1. The molecule has 1 aromatic carbocycles. The number of nitrogens with zero attached hydrogens (tertiary/aromatic N) is 5. The Kier molecular flexibility index (Phi) is 9.11. The highest BCUT2D eigenvalue weighted by Crippen LogP contribution is 2.28. The van der Waals surface area contributed by atoms with Crippen LogP contribution in [0.4, 0.5) is 17.5 Å². The van der Waals surface area contributed by atoms with Gasteiger partial charge in [-0.1, -0.05) is 6.08 Å². The summed E-state index contributed by atoms with van der Waals surface area (Å²) in [5.41, 5.74) is 6.53. The number of nitrogens with one attached hydrogen (secondary N) is 2. The SMILES string of the molecule is N#CCC1CCN(c2nc(C=N)c(C(N)=O)c(Nc3ccc(OCCN4C=CC(CO)CC4)cc3)n2)CC1. The summed E-state index contributed by atoms with van der Waals surface area (Å²) in [5.74, 6) is 1.25. The molecule has 0 radical (unpaired) electrons. The maximum atomic E-state index is 12.2. The number of carbonyl (C=O) groups excluding carboxylic acids is 1. The van der Waals surface area contributed by atoms with E-state index in [2.05, 4.69) is 26.3 Å². The predicted molar refractivity (Wildman–Crippen MR) is 145 cm³/mol. The number of primary amides is 1. The van der Waals surface area contributed by atoms with Gasteiger partial charge in [0.05, 0.1) is 12.6 Å². The first kappa shape index (κ1) is 26.9. The number of nitrogens with two attached hydrogens (primary N) is 1. The number of anilines is 3. The monoisotopic (exact) mass is 518 g/mol. The highest BCUT2D eigenvalue weighted by Gasteiger charge is 2.24. The standard InChI is InChI=1S/C27H34N8O3/c28-10-5-19-8-13-35(14-9-19)27-32-23(17-29)24(25(30)37)26(33-27)31-21-1-3-22(4-2-21)38-16-15-34-11-6-20(18-36)7-12-34/h1-4,6,11,17,19-20,29,36H,5,7-9,12-16,18H2,(H2,30,37)(H,31,32,33). The summed E-state index contributed by atoms with van der Waals surface area (Å²) in [6.07, 6.45) is 8.25. The highest BCUT2D eigenvalue weighted by atomic mass is 16.5. The van der Waals surface area contributed by atoms with E-state index in [1.165, 1.54) is 0 Å². The number of rotatable bonds is 11. The van der Waals surface area contributed by atoms with Crippen LogP contribution in [-0.2, 0) is 0 Å². The van der Waals surface area contributed by atoms with Crippen molar-refractivity contribution in [2.75, 3.05) is 49.6 Å². The molecule has 200 valence electrons. The molecule has 2 aromatic rings. The second-order valence-electron chi connectivity index (χ2n) is 9.54. The lowest BCUT2D eigenvalue weighted by molar-refractivity contribution is 0.100. The van der Waals surface area contributed by atoms with E-state index in [-0.39, 0.29) is 29.6 Å². The van der Waals surface area contributed by atoms with Crippen LogP contribution in [0.5, 0.6) is 5.75 Å². The Morgan fingerprint density at radius 3 is 2.61 bits per heavy atom. The molecule has 1 unspecified atom stereocenters. The minimum atomic E-state index is -0.720. The van der Waals surface area contributed by atoms with Crippen molar-refractivity contribution in [3.8, 4) is 11.8 Å². The number of nitriles is 1. The van der Waals surface area contributed by atoms with Gasteiger partial charge < -0.3 is 36.1 Å². The van der Waals surface area contributed by atoms with Gasteiger partial charge >= 0.3 is 0 Å². The van der Waals surface area contributed by atoms with Crippen LogP contribution < -0.4 is 20.7 Å². The molecule has 1 saturated heterocycles. The maximum absolute atomic E-state index is 12.2.